The van der Waals surface area contributed by atoms with E-state index in [1.165, 1.54) is 13.3 Å². The molecule has 19 heavy (non-hydrogen) atoms. The lowest BCUT2D eigenvalue weighted by Gasteiger charge is -2.39. The highest BCUT2D eigenvalue weighted by atomic mass is 16.4. The first kappa shape index (κ1) is 16.0. The molecule has 1 atom stereocenters. The molecule has 1 saturated carbocycles. The van der Waals surface area contributed by atoms with Gasteiger partial charge in [0.2, 0.25) is 5.91 Å². The maximum atomic E-state index is 11.7. The van der Waals surface area contributed by atoms with E-state index in [4.69, 9.17) is 5.11 Å². The van der Waals surface area contributed by atoms with Crippen LogP contribution in [0.2, 0.25) is 0 Å². The highest BCUT2D eigenvalue weighted by Crippen LogP contribution is 2.40. The van der Waals surface area contributed by atoms with E-state index >= 15 is 0 Å². The number of aliphatic carboxylic acids is 1. The van der Waals surface area contributed by atoms with Crippen molar-refractivity contribution >= 4 is 11.9 Å². The second-order valence-corrected chi connectivity index (χ2v) is 6.46. The van der Waals surface area contributed by atoms with Crippen LogP contribution in [0.5, 0.6) is 0 Å². The predicted octanol–water partition coefficient (Wildman–Crippen LogP) is 2.82. The molecular weight excluding hydrogens is 242 g/mol. The lowest BCUT2D eigenvalue weighted by molar-refractivity contribution is -0.146. The molecule has 0 bridgehead atoms. The van der Waals surface area contributed by atoms with Gasteiger partial charge in [0.25, 0.3) is 0 Å². The Morgan fingerprint density at radius 1 is 1.26 bits per heavy atom. The van der Waals surface area contributed by atoms with Gasteiger partial charge in [-0.25, -0.2) is 0 Å². The van der Waals surface area contributed by atoms with Crippen molar-refractivity contribution in [3.05, 3.63) is 0 Å². The average molecular weight is 269 g/mol. The number of carboxylic acid groups (broad SMARTS) is 1. The lowest BCUT2D eigenvalue weighted by Crippen LogP contribution is -2.43. The molecule has 0 heterocycles. The summed E-state index contributed by atoms with van der Waals surface area (Å²) in [6.07, 6.45) is 5.34. The quantitative estimate of drug-likeness (QED) is 0.754. The molecule has 0 aromatic rings. The SMILES string of the molecule is CCC(C)(C)C1CCC(NC(=O)C(C)C(=O)O)CC1. The van der Waals surface area contributed by atoms with Gasteiger partial charge in [0, 0.05) is 6.04 Å². The second kappa shape index (κ2) is 6.40. The number of carboxylic acids is 1. The molecule has 1 unspecified atom stereocenters. The molecule has 1 aliphatic carbocycles. The van der Waals surface area contributed by atoms with Gasteiger partial charge in [-0.05, 0) is 43.9 Å². The summed E-state index contributed by atoms with van der Waals surface area (Å²) in [5, 5.41) is 11.7. The minimum atomic E-state index is -1.06. The number of carbonyl (C=O) groups is 2. The van der Waals surface area contributed by atoms with Crippen LogP contribution in [0, 0.1) is 17.3 Å². The van der Waals surface area contributed by atoms with E-state index in [9.17, 15) is 9.59 Å². The Morgan fingerprint density at radius 3 is 2.21 bits per heavy atom. The fraction of sp³-hybridized carbons (Fsp3) is 0.867. The minimum absolute atomic E-state index is 0.151. The number of nitrogens with one attached hydrogen (secondary N) is 1. The molecule has 2 N–H and O–H groups in total. The summed E-state index contributed by atoms with van der Waals surface area (Å²) in [7, 11) is 0. The van der Waals surface area contributed by atoms with Gasteiger partial charge in [-0.1, -0.05) is 27.2 Å². The highest BCUT2D eigenvalue weighted by molar-refractivity contribution is 5.96. The highest BCUT2D eigenvalue weighted by Gasteiger charge is 2.33. The summed E-state index contributed by atoms with van der Waals surface area (Å²) in [5.41, 5.74) is 0.364. The first-order chi connectivity index (χ1) is 8.77. The molecule has 110 valence electrons. The topological polar surface area (TPSA) is 66.4 Å². The Hall–Kier alpha value is -1.06. The van der Waals surface area contributed by atoms with Crippen LogP contribution in [-0.4, -0.2) is 23.0 Å². The van der Waals surface area contributed by atoms with Gasteiger partial charge >= 0.3 is 5.97 Å². The summed E-state index contributed by atoms with van der Waals surface area (Å²) >= 11 is 0. The molecule has 4 nitrogen and oxygen atoms in total. The van der Waals surface area contributed by atoms with E-state index in [1.807, 2.05) is 0 Å². The van der Waals surface area contributed by atoms with E-state index in [0.717, 1.165) is 25.7 Å². The molecule has 0 saturated heterocycles. The van der Waals surface area contributed by atoms with Crippen LogP contribution in [0.15, 0.2) is 0 Å². The van der Waals surface area contributed by atoms with Crippen molar-refractivity contribution in [1.29, 1.82) is 0 Å². The number of rotatable bonds is 5. The van der Waals surface area contributed by atoms with Crippen LogP contribution < -0.4 is 5.32 Å². The summed E-state index contributed by atoms with van der Waals surface area (Å²) < 4.78 is 0. The van der Waals surface area contributed by atoms with E-state index in [2.05, 4.69) is 26.1 Å². The van der Waals surface area contributed by atoms with Crippen LogP contribution in [-0.2, 0) is 9.59 Å². The normalized spacial score (nSPS) is 25.7. The molecule has 1 aliphatic rings. The standard InChI is InChI=1S/C15H27NO3/c1-5-15(3,4)11-6-8-12(9-7-11)16-13(17)10(2)14(18)19/h10-12H,5-9H2,1-4H3,(H,16,17)(H,18,19). The third-order valence-corrected chi connectivity index (χ3v) is 4.85. The molecule has 1 amide bonds. The summed E-state index contributed by atoms with van der Waals surface area (Å²) in [4.78, 5) is 22.4. The van der Waals surface area contributed by atoms with Gasteiger partial charge in [-0.2, -0.15) is 0 Å². The zero-order chi connectivity index (χ0) is 14.6. The Labute approximate surface area is 116 Å². The largest absolute Gasteiger partial charge is 0.481 e. The fourth-order valence-corrected chi connectivity index (χ4v) is 2.75. The van der Waals surface area contributed by atoms with Crippen LogP contribution in [0.1, 0.15) is 59.8 Å². The van der Waals surface area contributed by atoms with Crippen molar-refractivity contribution in [2.75, 3.05) is 0 Å². The monoisotopic (exact) mass is 269 g/mol. The van der Waals surface area contributed by atoms with E-state index in [1.54, 1.807) is 0 Å². The summed E-state index contributed by atoms with van der Waals surface area (Å²) in [6, 6.07) is 0.151. The van der Waals surface area contributed by atoms with E-state index in [-0.39, 0.29) is 11.9 Å². The molecule has 1 rings (SSSR count). The Kier molecular flexibility index (Phi) is 5.39. The molecule has 4 heteroatoms. The van der Waals surface area contributed by atoms with Crippen molar-refractivity contribution in [1.82, 2.24) is 5.32 Å². The molecular formula is C15H27NO3. The number of hydrogen-bond donors (Lipinski definition) is 2. The maximum absolute atomic E-state index is 11.7. The summed E-state index contributed by atoms with van der Waals surface area (Å²) in [5.74, 6) is -1.66. The first-order valence-electron chi connectivity index (χ1n) is 7.31. The lowest BCUT2D eigenvalue weighted by atomic mass is 9.69. The Morgan fingerprint density at radius 2 is 1.79 bits per heavy atom. The molecule has 0 aliphatic heterocycles. The van der Waals surface area contributed by atoms with Crippen molar-refractivity contribution in [3.63, 3.8) is 0 Å². The predicted molar refractivity (Wildman–Crippen MR) is 74.8 cm³/mol. The molecule has 0 aromatic heterocycles. The van der Waals surface area contributed by atoms with E-state index in [0.29, 0.717) is 11.3 Å². The van der Waals surface area contributed by atoms with Gasteiger partial charge in [-0.3, -0.25) is 9.59 Å². The van der Waals surface area contributed by atoms with Gasteiger partial charge < -0.3 is 10.4 Å². The third kappa shape index (κ3) is 4.22. The van der Waals surface area contributed by atoms with Crippen molar-refractivity contribution in [2.24, 2.45) is 17.3 Å². The fourth-order valence-electron chi connectivity index (χ4n) is 2.75. The summed E-state index contributed by atoms with van der Waals surface area (Å²) in [6.45, 7) is 8.28. The number of amides is 1. The van der Waals surface area contributed by atoms with Crippen LogP contribution in [0.3, 0.4) is 0 Å². The Balaban J connectivity index is 2.43. The minimum Gasteiger partial charge on any atom is -0.481 e. The number of hydrogen-bond acceptors (Lipinski definition) is 2. The van der Waals surface area contributed by atoms with Gasteiger partial charge in [0.15, 0.2) is 0 Å². The Bertz CT molecular complexity index is 330. The van der Waals surface area contributed by atoms with Gasteiger partial charge in [0.1, 0.15) is 5.92 Å². The van der Waals surface area contributed by atoms with Crippen LogP contribution in [0.25, 0.3) is 0 Å². The van der Waals surface area contributed by atoms with Crippen molar-refractivity contribution in [3.8, 4) is 0 Å². The van der Waals surface area contributed by atoms with Crippen molar-refractivity contribution in [2.45, 2.75) is 65.8 Å². The van der Waals surface area contributed by atoms with Gasteiger partial charge in [-0.15, -0.1) is 0 Å². The zero-order valence-electron chi connectivity index (χ0n) is 12.5. The molecule has 0 aromatic carbocycles. The second-order valence-electron chi connectivity index (χ2n) is 6.46. The molecule has 0 spiro atoms. The first-order valence-corrected chi connectivity index (χ1v) is 7.31. The molecule has 0 radical (unpaired) electrons. The third-order valence-electron chi connectivity index (χ3n) is 4.85. The average Bonchev–Trinajstić information content (AvgIpc) is 2.38. The zero-order valence-corrected chi connectivity index (χ0v) is 12.5. The van der Waals surface area contributed by atoms with Crippen molar-refractivity contribution < 1.29 is 14.7 Å². The molecule has 1 fully saturated rings. The van der Waals surface area contributed by atoms with Gasteiger partial charge in [0.05, 0.1) is 0 Å². The van der Waals surface area contributed by atoms with Crippen LogP contribution >= 0.6 is 0 Å². The smallest absolute Gasteiger partial charge is 0.315 e. The van der Waals surface area contributed by atoms with E-state index < -0.39 is 11.9 Å². The maximum Gasteiger partial charge on any atom is 0.315 e. The number of carbonyl (C=O) groups excluding carboxylic acids is 1. The van der Waals surface area contributed by atoms with Crippen LogP contribution in [0.4, 0.5) is 0 Å².